The molecular weight excluding hydrogens is 350 g/mol. The van der Waals surface area contributed by atoms with E-state index in [1.165, 1.54) is 0 Å². The molecule has 2 aromatic carbocycles. The van der Waals surface area contributed by atoms with Gasteiger partial charge in [-0.2, -0.15) is 0 Å². The lowest BCUT2D eigenvalue weighted by atomic mass is 10.3. The molecule has 0 aliphatic heterocycles. The minimum Gasteiger partial charge on any atom is -0.484 e. The molecule has 0 radical (unpaired) electrons. The van der Waals surface area contributed by atoms with Gasteiger partial charge in [-0.15, -0.1) is 0 Å². The van der Waals surface area contributed by atoms with Crippen LogP contribution >= 0.6 is 11.6 Å². The maximum absolute atomic E-state index is 12.0. The Bertz CT molecular complexity index is 852. The quantitative estimate of drug-likeness (QED) is 0.696. The summed E-state index contributed by atoms with van der Waals surface area (Å²) in [5, 5.41) is 3.38. The molecule has 0 unspecified atom stereocenters. The zero-order valence-corrected chi connectivity index (χ0v) is 15.0. The lowest BCUT2D eigenvalue weighted by molar-refractivity contribution is -0.118. The second kappa shape index (κ2) is 8.36. The average Bonchev–Trinajstić information content (AvgIpc) is 2.68. The van der Waals surface area contributed by atoms with Crippen LogP contribution in [0, 0.1) is 0 Å². The van der Waals surface area contributed by atoms with Crippen molar-refractivity contribution in [1.82, 2.24) is 4.98 Å². The Morgan fingerprint density at radius 1 is 1.08 bits per heavy atom. The minimum atomic E-state index is -0.258. The smallest absolute Gasteiger partial charge is 0.262 e. The van der Waals surface area contributed by atoms with Crippen LogP contribution in [-0.4, -0.2) is 24.5 Å². The third-order valence-corrected chi connectivity index (χ3v) is 3.95. The molecule has 1 amide bonds. The molecule has 5 nitrogen and oxygen atoms in total. The molecule has 0 aliphatic carbocycles. The third kappa shape index (κ3) is 4.74. The van der Waals surface area contributed by atoms with Gasteiger partial charge in [0.1, 0.15) is 11.6 Å². The number of anilines is 3. The first-order valence-electron chi connectivity index (χ1n) is 8.05. The van der Waals surface area contributed by atoms with Gasteiger partial charge in [0, 0.05) is 17.8 Å². The molecule has 1 heterocycles. The fraction of sp³-hybridized carbons (Fsp3) is 0.100. The first-order valence-corrected chi connectivity index (χ1v) is 8.43. The molecule has 6 heteroatoms. The molecule has 3 rings (SSSR count). The van der Waals surface area contributed by atoms with E-state index in [-0.39, 0.29) is 12.5 Å². The predicted molar refractivity (Wildman–Crippen MR) is 104 cm³/mol. The van der Waals surface area contributed by atoms with Crippen molar-refractivity contribution >= 4 is 34.7 Å². The van der Waals surface area contributed by atoms with Crippen molar-refractivity contribution in [3.8, 4) is 5.75 Å². The van der Waals surface area contributed by atoms with Gasteiger partial charge in [-0.05, 0) is 48.5 Å². The van der Waals surface area contributed by atoms with Crippen LogP contribution in [0.25, 0.3) is 0 Å². The Hall–Kier alpha value is -3.05. The number of nitrogens with zero attached hydrogens (tertiary/aromatic N) is 2. The second-order valence-corrected chi connectivity index (χ2v) is 6.03. The van der Waals surface area contributed by atoms with E-state index in [0.29, 0.717) is 16.5 Å². The van der Waals surface area contributed by atoms with Crippen LogP contribution in [0.1, 0.15) is 0 Å². The molecular formula is C20H18ClN3O2. The highest BCUT2D eigenvalue weighted by atomic mass is 35.5. The van der Waals surface area contributed by atoms with Crippen molar-refractivity contribution in [1.29, 1.82) is 0 Å². The first kappa shape index (κ1) is 17.8. The van der Waals surface area contributed by atoms with Crippen molar-refractivity contribution in [2.24, 2.45) is 0 Å². The number of amides is 1. The molecule has 0 spiro atoms. The molecule has 0 saturated heterocycles. The van der Waals surface area contributed by atoms with Crippen molar-refractivity contribution in [3.63, 3.8) is 0 Å². The molecule has 0 aliphatic rings. The topological polar surface area (TPSA) is 54.5 Å². The summed E-state index contributed by atoms with van der Waals surface area (Å²) in [6.07, 6.45) is 1.62. The lowest BCUT2D eigenvalue weighted by Crippen LogP contribution is -2.20. The summed E-state index contributed by atoms with van der Waals surface area (Å²) < 4.78 is 5.42. The number of carbonyl (C=O) groups excluding carboxylic acids is 1. The zero-order valence-electron chi connectivity index (χ0n) is 14.2. The van der Waals surface area contributed by atoms with Gasteiger partial charge in [0.05, 0.1) is 11.9 Å². The standard InChI is InChI=1S/C20H18ClN3O2/c1-24(17-5-3-2-4-6-17)19-12-9-16(13-22-19)23-20(25)14-26-18-10-7-15(21)8-11-18/h2-13H,14H2,1H3,(H,23,25). The van der Waals surface area contributed by atoms with Crippen LogP contribution in [0.3, 0.4) is 0 Å². The Morgan fingerprint density at radius 3 is 2.46 bits per heavy atom. The van der Waals surface area contributed by atoms with E-state index in [2.05, 4.69) is 10.3 Å². The summed E-state index contributed by atoms with van der Waals surface area (Å²) in [5.74, 6) is 1.11. The maximum atomic E-state index is 12.0. The molecule has 132 valence electrons. The number of aromatic nitrogens is 1. The summed E-state index contributed by atoms with van der Waals surface area (Å²) in [7, 11) is 1.94. The van der Waals surface area contributed by atoms with E-state index in [1.807, 2.05) is 54.4 Å². The molecule has 26 heavy (non-hydrogen) atoms. The number of nitrogens with one attached hydrogen (secondary N) is 1. The van der Waals surface area contributed by atoms with Crippen LogP contribution in [-0.2, 0) is 4.79 Å². The van der Waals surface area contributed by atoms with Gasteiger partial charge in [-0.3, -0.25) is 4.79 Å². The Morgan fingerprint density at radius 2 is 1.81 bits per heavy atom. The highest BCUT2D eigenvalue weighted by molar-refractivity contribution is 6.30. The fourth-order valence-corrected chi connectivity index (χ4v) is 2.45. The second-order valence-electron chi connectivity index (χ2n) is 5.59. The van der Waals surface area contributed by atoms with Crippen LogP contribution in [0.4, 0.5) is 17.2 Å². The van der Waals surface area contributed by atoms with Gasteiger partial charge >= 0.3 is 0 Å². The summed E-state index contributed by atoms with van der Waals surface area (Å²) in [6.45, 7) is -0.0900. The number of carbonyl (C=O) groups is 1. The number of rotatable bonds is 6. The molecule has 0 saturated carbocycles. The molecule has 0 bridgehead atoms. The number of benzene rings is 2. The van der Waals surface area contributed by atoms with Crippen molar-refractivity contribution < 1.29 is 9.53 Å². The maximum Gasteiger partial charge on any atom is 0.262 e. The largest absolute Gasteiger partial charge is 0.484 e. The van der Waals surface area contributed by atoms with E-state index >= 15 is 0 Å². The Kier molecular flexibility index (Phi) is 5.71. The number of ether oxygens (including phenoxy) is 1. The minimum absolute atomic E-state index is 0.0900. The van der Waals surface area contributed by atoms with Gasteiger partial charge < -0.3 is 15.0 Å². The fourth-order valence-electron chi connectivity index (χ4n) is 2.32. The molecule has 0 fully saturated rings. The number of halogens is 1. The molecule has 3 aromatic rings. The number of pyridine rings is 1. The third-order valence-electron chi connectivity index (χ3n) is 3.70. The highest BCUT2D eigenvalue weighted by Crippen LogP contribution is 2.22. The van der Waals surface area contributed by atoms with E-state index < -0.39 is 0 Å². The number of para-hydroxylation sites is 1. The van der Waals surface area contributed by atoms with Gasteiger partial charge in [0.15, 0.2) is 6.61 Å². The van der Waals surface area contributed by atoms with Crippen molar-refractivity contribution in [2.45, 2.75) is 0 Å². The number of hydrogen-bond donors (Lipinski definition) is 1. The average molecular weight is 368 g/mol. The molecule has 1 N–H and O–H groups in total. The first-order chi connectivity index (χ1) is 12.6. The lowest BCUT2D eigenvalue weighted by Gasteiger charge is -2.18. The molecule has 0 atom stereocenters. The van der Waals surface area contributed by atoms with E-state index in [4.69, 9.17) is 16.3 Å². The van der Waals surface area contributed by atoms with Crippen molar-refractivity contribution in [2.75, 3.05) is 23.9 Å². The van der Waals surface area contributed by atoms with Crippen LogP contribution in [0.2, 0.25) is 5.02 Å². The Labute approximate surface area is 157 Å². The monoisotopic (exact) mass is 367 g/mol. The normalized spacial score (nSPS) is 10.2. The van der Waals surface area contributed by atoms with Gasteiger partial charge in [-0.25, -0.2) is 4.98 Å². The zero-order chi connectivity index (χ0) is 18.4. The summed E-state index contributed by atoms with van der Waals surface area (Å²) in [4.78, 5) is 18.4. The van der Waals surface area contributed by atoms with Crippen LogP contribution < -0.4 is 15.0 Å². The Balaban J connectivity index is 1.55. The summed E-state index contributed by atoms with van der Waals surface area (Å²) >= 11 is 5.81. The predicted octanol–water partition coefficient (Wildman–Crippen LogP) is 4.52. The number of hydrogen-bond acceptors (Lipinski definition) is 4. The van der Waals surface area contributed by atoms with Crippen LogP contribution in [0.15, 0.2) is 72.9 Å². The van der Waals surface area contributed by atoms with Crippen LogP contribution in [0.5, 0.6) is 5.75 Å². The van der Waals surface area contributed by atoms with Gasteiger partial charge in [0.2, 0.25) is 0 Å². The van der Waals surface area contributed by atoms with E-state index in [1.54, 1.807) is 30.5 Å². The summed E-state index contributed by atoms with van der Waals surface area (Å²) in [5.41, 5.74) is 1.65. The van der Waals surface area contributed by atoms with Gasteiger partial charge in [-0.1, -0.05) is 29.8 Å². The van der Waals surface area contributed by atoms with Crippen molar-refractivity contribution in [3.05, 3.63) is 77.9 Å². The molecule has 1 aromatic heterocycles. The highest BCUT2D eigenvalue weighted by Gasteiger charge is 2.07. The summed E-state index contributed by atoms with van der Waals surface area (Å²) in [6, 6.07) is 20.4. The van der Waals surface area contributed by atoms with E-state index in [0.717, 1.165) is 11.5 Å². The van der Waals surface area contributed by atoms with Gasteiger partial charge in [0.25, 0.3) is 5.91 Å². The SMILES string of the molecule is CN(c1ccccc1)c1ccc(NC(=O)COc2ccc(Cl)cc2)cn1. The van der Waals surface area contributed by atoms with E-state index in [9.17, 15) is 4.79 Å².